The van der Waals surface area contributed by atoms with E-state index in [4.69, 9.17) is 9.47 Å². The zero-order chi connectivity index (χ0) is 16.9. The van der Waals surface area contributed by atoms with Crippen molar-refractivity contribution in [1.82, 2.24) is 0 Å². The van der Waals surface area contributed by atoms with Gasteiger partial charge in [-0.1, -0.05) is 25.7 Å². The van der Waals surface area contributed by atoms with Gasteiger partial charge in [-0.2, -0.15) is 5.26 Å². The fraction of sp³-hybridized carbons (Fsp3) is 0.833. The quantitative estimate of drug-likeness (QED) is 0.702. The highest BCUT2D eigenvalue weighted by Gasteiger charge is 2.59. The van der Waals surface area contributed by atoms with Crippen molar-refractivity contribution >= 4 is 11.9 Å². The Morgan fingerprint density at radius 2 is 1.74 bits per heavy atom. The van der Waals surface area contributed by atoms with E-state index in [1.807, 2.05) is 0 Å². The minimum atomic E-state index is -1.39. The van der Waals surface area contributed by atoms with Gasteiger partial charge in [0.25, 0.3) is 0 Å². The number of ether oxygens (including phenoxy) is 2. The zero-order valence-electron chi connectivity index (χ0n) is 14.2. The van der Waals surface area contributed by atoms with Gasteiger partial charge in [0.05, 0.1) is 25.7 Å². The average molecular weight is 321 g/mol. The predicted octanol–water partition coefficient (Wildman–Crippen LogP) is 3.23. The van der Waals surface area contributed by atoms with Crippen molar-refractivity contribution in [3.63, 3.8) is 0 Å². The van der Waals surface area contributed by atoms with Crippen molar-refractivity contribution in [1.29, 1.82) is 5.26 Å². The van der Waals surface area contributed by atoms with Crippen LogP contribution in [0.4, 0.5) is 0 Å². The van der Waals surface area contributed by atoms with Gasteiger partial charge in [0, 0.05) is 0 Å². The van der Waals surface area contributed by atoms with Gasteiger partial charge in [-0.05, 0) is 44.4 Å². The number of rotatable bonds is 6. The van der Waals surface area contributed by atoms with Gasteiger partial charge in [-0.15, -0.1) is 0 Å². The average Bonchev–Trinajstić information content (AvgIpc) is 3.25. The van der Waals surface area contributed by atoms with Crippen LogP contribution in [0.25, 0.3) is 0 Å². The number of methoxy groups -OCH3 is 1. The van der Waals surface area contributed by atoms with Gasteiger partial charge in [0.15, 0.2) is 5.41 Å². The molecule has 2 unspecified atom stereocenters. The molecule has 0 spiro atoms. The third-order valence-corrected chi connectivity index (χ3v) is 5.61. The molecule has 0 N–H and O–H groups in total. The molecule has 2 fully saturated rings. The van der Waals surface area contributed by atoms with Crippen molar-refractivity contribution < 1.29 is 19.1 Å². The lowest BCUT2D eigenvalue weighted by Crippen LogP contribution is -2.50. The van der Waals surface area contributed by atoms with E-state index in [9.17, 15) is 14.9 Å². The molecule has 5 heteroatoms. The van der Waals surface area contributed by atoms with Crippen molar-refractivity contribution in [2.24, 2.45) is 23.2 Å². The second-order valence-electron chi connectivity index (χ2n) is 6.73. The van der Waals surface area contributed by atoms with Crippen LogP contribution < -0.4 is 0 Å². The molecular weight excluding hydrogens is 294 g/mol. The first-order valence-electron chi connectivity index (χ1n) is 8.78. The molecule has 2 saturated carbocycles. The monoisotopic (exact) mass is 321 g/mol. The van der Waals surface area contributed by atoms with Gasteiger partial charge < -0.3 is 9.47 Å². The number of esters is 2. The summed E-state index contributed by atoms with van der Waals surface area (Å²) in [6, 6.07) is 2.26. The molecule has 0 aromatic heterocycles. The second kappa shape index (κ2) is 7.81. The largest absolute Gasteiger partial charge is 0.469 e. The normalized spacial score (nSPS) is 23.0. The van der Waals surface area contributed by atoms with Crippen LogP contribution in [-0.4, -0.2) is 25.7 Å². The van der Waals surface area contributed by atoms with Crippen LogP contribution in [-0.2, 0) is 19.1 Å². The summed E-state index contributed by atoms with van der Waals surface area (Å²) in [5.41, 5.74) is -1.39. The molecule has 0 amide bonds. The lowest BCUT2D eigenvalue weighted by atomic mass is 9.62. The number of nitriles is 1. The van der Waals surface area contributed by atoms with Crippen molar-refractivity contribution in [3.05, 3.63) is 0 Å². The molecule has 2 rings (SSSR count). The maximum absolute atomic E-state index is 12.8. The van der Waals surface area contributed by atoms with Crippen molar-refractivity contribution in [2.75, 3.05) is 13.7 Å². The molecule has 5 nitrogen and oxygen atoms in total. The number of carbonyl (C=O) groups excluding carboxylic acids is 2. The van der Waals surface area contributed by atoms with E-state index in [0.29, 0.717) is 0 Å². The van der Waals surface area contributed by atoms with Crippen LogP contribution in [0.2, 0.25) is 0 Å². The van der Waals surface area contributed by atoms with Gasteiger partial charge in [0.2, 0.25) is 0 Å². The van der Waals surface area contributed by atoms with E-state index < -0.39 is 23.3 Å². The maximum Gasteiger partial charge on any atom is 0.327 e. The molecular formula is C18H27NO4. The predicted molar refractivity (Wildman–Crippen MR) is 84.1 cm³/mol. The lowest BCUT2D eigenvalue weighted by molar-refractivity contribution is -0.170. The minimum Gasteiger partial charge on any atom is -0.469 e. The Bertz CT molecular complexity index is 472. The summed E-state index contributed by atoms with van der Waals surface area (Å²) in [5, 5.41) is 10.1. The highest BCUT2D eigenvalue weighted by atomic mass is 16.5. The van der Waals surface area contributed by atoms with Crippen LogP contribution >= 0.6 is 0 Å². The molecule has 0 aliphatic heterocycles. The van der Waals surface area contributed by atoms with E-state index in [0.717, 1.165) is 51.4 Å². The van der Waals surface area contributed by atoms with Crippen LogP contribution in [0.3, 0.4) is 0 Å². The molecule has 0 aromatic rings. The third-order valence-electron chi connectivity index (χ3n) is 5.61. The summed E-state index contributed by atoms with van der Waals surface area (Å²) in [7, 11) is 1.34. The maximum atomic E-state index is 12.8. The van der Waals surface area contributed by atoms with Crippen LogP contribution in [0.5, 0.6) is 0 Å². The number of hydrogen-bond donors (Lipinski definition) is 0. The fourth-order valence-corrected chi connectivity index (χ4v) is 4.55. The van der Waals surface area contributed by atoms with E-state index in [2.05, 4.69) is 6.07 Å². The first-order valence-corrected chi connectivity index (χ1v) is 8.78. The summed E-state index contributed by atoms with van der Waals surface area (Å²) < 4.78 is 10.3. The molecule has 2 aliphatic carbocycles. The summed E-state index contributed by atoms with van der Waals surface area (Å²) in [6.07, 6.45) is 7.39. The first-order chi connectivity index (χ1) is 11.1. The number of carbonyl (C=O) groups is 2. The van der Waals surface area contributed by atoms with E-state index in [-0.39, 0.29) is 18.4 Å². The Morgan fingerprint density at radius 3 is 2.22 bits per heavy atom. The van der Waals surface area contributed by atoms with Crippen LogP contribution in [0.15, 0.2) is 0 Å². The second-order valence-corrected chi connectivity index (χ2v) is 6.73. The fourth-order valence-electron chi connectivity index (χ4n) is 4.55. The number of hydrogen-bond acceptors (Lipinski definition) is 5. The zero-order valence-corrected chi connectivity index (χ0v) is 14.2. The van der Waals surface area contributed by atoms with Crippen molar-refractivity contribution in [2.45, 2.75) is 58.3 Å². The summed E-state index contributed by atoms with van der Waals surface area (Å²) in [4.78, 5) is 25.4. The molecule has 0 heterocycles. The Hall–Kier alpha value is -1.57. The van der Waals surface area contributed by atoms with Crippen LogP contribution in [0, 0.1) is 34.5 Å². The molecule has 2 atom stereocenters. The summed E-state index contributed by atoms with van der Waals surface area (Å²) >= 11 is 0. The van der Waals surface area contributed by atoms with E-state index >= 15 is 0 Å². The minimum absolute atomic E-state index is 0.0344. The molecule has 128 valence electrons. The molecule has 0 radical (unpaired) electrons. The summed E-state index contributed by atoms with van der Waals surface area (Å²) in [6.45, 7) is 1.95. The van der Waals surface area contributed by atoms with Crippen molar-refractivity contribution in [3.8, 4) is 6.07 Å². The van der Waals surface area contributed by atoms with Gasteiger partial charge in [-0.3, -0.25) is 9.59 Å². The molecule has 0 bridgehead atoms. The Balaban J connectivity index is 2.48. The smallest absolute Gasteiger partial charge is 0.327 e. The number of nitrogens with zero attached hydrogens (tertiary/aromatic N) is 1. The highest BCUT2D eigenvalue weighted by molar-refractivity contribution is 5.88. The van der Waals surface area contributed by atoms with Gasteiger partial charge in [0.1, 0.15) is 0 Å². The summed E-state index contributed by atoms with van der Waals surface area (Å²) in [5.74, 6) is -1.75. The molecule has 0 aromatic carbocycles. The lowest BCUT2D eigenvalue weighted by Gasteiger charge is -2.38. The Labute approximate surface area is 138 Å². The standard InChI is InChI=1S/C18H27NO4/c1-3-23-17(21)18(12-19,14-10-6-7-11-14)15(16(20)22-2)13-8-4-5-9-13/h13-15H,3-11H2,1-2H3. The van der Waals surface area contributed by atoms with Gasteiger partial charge >= 0.3 is 11.9 Å². The topological polar surface area (TPSA) is 76.4 Å². The van der Waals surface area contributed by atoms with Crippen LogP contribution in [0.1, 0.15) is 58.3 Å². The SMILES string of the molecule is CCOC(=O)C(C#N)(C1CCCC1)C(C(=O)OC)C1CCCC1. The van der Waals surface area contributed by atoms with E-state index in [1.165, 1.54) is 7.11 Å². The molecule has 23 heavy (non-hydrogen) atoms. The molecule has 0 saturated heterocycles. The third kappa shape index (κ3) is 3.22. The first kappa shape index (κ1) is 17.8. The van der Waals surface area contributed by atoms with Gasteiger partial charge in [-0.25, -0.2) is 0 Å². The molecule has 2 aliphatic rings. The Kier molecular flexibility index (Phi) is 6.04. The Morgan fingerprint density at radius 1 is 1.17 bits per heavy atom. The van der Waals surface area contributed by atoms with E-state index in [1.54, 1.807) is 6.92 Å². The highest BCUT2D eigenvalue weighted by Crippen LogP contribution is 2.51.